The maximum absolute atomic E-state index is 13.3. The third-order valence-electron chi connectivity index (χ3n) is 7.97. The molecule has 3 atom stereocenters. The lowest BCUT2D eigenvalue weighted by atomic mass is 9.99. The minimum atomic E-state index is -3.56. The molecule has 3 aliphatic rings. The number of nitrogens with one attached hydrogen (secondary N) is 2. The molecule has 1 unspecified atom stereocenters. The number of nitriles is 1. The van der Waals surface area contributed by atoms with Gasteiger partial charge in [0.25, 0.3) is 10.2 Å². The monoisotopic (exact) mass is 537 g/mol. The number of anilines is 3. The number of ether oxygens (including phenoxy) is 1. The lowest BCUT2D eigenvalue weighted by molar-refractivity contribution is 0.177. The summed E-state index contributed by atoms with van der Waals surface area (Å²) in [5.74, 6) is 2.35. The Hall–Kier alpha value is -3.47. The van der Waals surface area contributed by atoms with Gasteiger partial charge in [-0.05, 0) is 44.7 Å². The fourth-order valence-electron chi connectivity index (χ4n) is 5.88. The van der Waals surface area contributed by atoms with Crippen molar-refractivity contribution in [1.82, 2.24) is 28.8 Å². The Labute approximate surface area is 221 Å². The average Bonchev–Trinajstić information content (AvgIpc) is 3.41. The molecule has 200 valence electrons. The number of piperidine rings is 1. The summed E-state index contributed by atoms with van der Waals surface area (Å²) in [5, 5.41) is 20.5. The van der Waals surface area contributed by atoms with Gasteiger partial charge in [0.15, 0.2) is 5.82 Å². The normalized spacial score (nSPS) is 24.2. The van der Waals surface area contributed by atoms with Crippen LogP contribution in [0, 0.1) is 24.2 Å². The minimum Gasteiger partial charge on any atom is -0.497 e. The predicted octanol–water partition coefficient (Wildman–Crippen LogP) is 2.55. The highest BCUT2D eigenvalue weighted by Crippen LogP contribution is 2.42. The fourth-order valence-corrected chi connectivity index (χ4v) is 8.02. The Balaban J connectivity index is 1.27. The van der Waals surface area contributed by atoms with Crippen LogP contribution in [0.5, 0.6) is 5.75 Å². The first-order chi connectivity index (χ1) is 18.3. The van der Waals surface area contributed by atoms with Crippen LogP contribution in [-0.2, 0) is 10.2 Å². The first kappa shape index (κ1) is 24.8. The average molecular weight is 538 g/mol. The molecular formula is C25H31N9O3S. The van der Waals surface area contributed by atoms with E-state index in [4.69, 9.17) is 20.0 Å². The summed E-state index contributed by atoms with van der Waals surface area (Å²) in [4.78, 5) is 11.8. The Morgan fingerprint density at radius 2 is 1.92 bits per heavy atom. The van der Waals surface area contributed by atoms with Gasteiger partial charge in [0.1, 0.15) is 11.6 Å². The molecule has 0 aliphatic carbocycles. The van der Waals surface area contributed by atoms with Gasteiger partial charge in [0, 0.05) is 61.5 Å². The number of aryl methyl sites for hydroxylation is 1. The van der Waals surface area contributed by atoms with E-state index in [1.54, 1.807) is 11.4 Å². The fraction of sp³-hybridized carbons (Fsp3) is 0.520. The number of fused-ring (bicyclic) bond motifs is 3. The van der Waals surface area contributed by atoms with Gasteiger partial charge in [-0.25, -0.2) is 4.98 Å². The minimum absolute atomic E-state index is 0.0717. The first-order valence-electron chi connectivity index (χ1n) is 12.8. The molecular weight excluding hydrogens is 506 g/mol. The van der Waals surface area contributed by atoms with E-state index in [0.29, 0.717) is 36.2 Å². The quantitative estimate of drug-likeness (QED) is 0.465. The third kappa shape index (κ3) is 4.22. The van der Waals surface area contributed by atoms with Crippen LogP contribution in [0.4, 0.5) is 17.6 Å². The molecule has 2 bridgehead atoms. The van der Waals surface area contributed by atoms with E-state index in [0.717, 1.165) is 29.4 Å². The lowest BCUT2D eigenvalue weighted by Crippen LogP contribution is -2.60. The van der Waals surface area contributed by atoms with Gasteiger partial charge in [0.05, 0.1) is 24.6 Å². The van der Waals surface area contributed by atoms with Crippen molar-refractivity contribution in [1.29, 1.82) is 5.26 Å². The van der Waals surface area contributed by atoms with Gasteiger partial charge in [-0.1, -0.05) is 0 Å². The van der Waals surface area contributed by atoms with Crippen LogP contribution in [0.25, 0.3) is 10.9 Å². The molecule has 1 aromatic carbocycles. The zero-order chi connectivity index (χ0) is 26.6. The summed E-state index contributed by atoms with van der Waals surface area (Å²) in [6.45, 7) is 2.51. The second kappa shape index (κ2) is 9.37. The molecule has 3 saturated heterocycles. The summed E-state index contributed by atoms with van der Waals surface area (Å²) in [7, 11) is 0.0397. The summed E-state index contributed by atoms with van der Waals surface area (Å²) in [5.41, 5.74) is 1.67. The van der Waals surface area contributed by atoms with Crippen molar-refractivity contribution >= 4 is 38.7 Å². The van der Waals surface area contributed by atoms with Gasteiger partial charge < -0.3 is 15.0 Å². The molecule has 12 nitrogen and oxygen atoms in total. The Kier molecular flexibility index (Phi) is 6.13. The van der Waals surface area contributed by atoms with Crippen LogP contribution in [-0.4, -0.2) is 82.6 Å². The molecule has 2 N–H and O–H groups in total. The predicted molar refractivity (Wildman–Crippen MR) is 142 cm³/mol. The molecule has 0 spiro atoms. The molecule has 3 fully saturated rings. The van der Waals surface area contributed by atoms with E-state index in [2.05, 4.69) is 26.5 Å². The molecule has 3 aromatic rings. The van der Waals surface area contributed by atoms with E-state index in [-0.39, 0.29) is 37.1 Å². The molecule has 6 rings (SSSR count). The number of benzene rings is 1. The lowest BCUT2D eigenvalue weighted by Gasteiger charge is -2.45. The molecule has 3 aliphatic heterocycles. The molecule has 2 aromatic heterocycles. The van der Waals surface area contributed by atoms with E-state index < -0.39 is 10.2 Å². The molecule has 5 heterocycles. The highest BCUT2D eigenvalue weighted by Gasteiger charge is 2.51. The third-order valence-corrected chi connectivity index (χ3v) is 10.1. The van der Waals surface area contributed by atoms with Crippen LogP contribution < -0.4 is 15.0 Å². The van der Waals surface area contributed by atoms with E-state index >= 15 is 0 Å². The second-order valence-electron chi connectivity index (χ2n) is 10.4. The maximum Gasteiger partial charge on any atom is 0.282 e. The van der Waals surface area contributed by atoms with Crippen molar-refractivity contribution in [3.05, 3.63) is 30.0 Å². The number of nitrogens with zero attached hydrogens (tertiary/aromatic N) is 7. The highest BCUT2D eigenvalue weighted by atomic mass is 32.2. The SMILES string of the molecule is COc1ccc2c(Nc3cc(C)[nH]n3)nc(N(C)C3C[C@H]4CC[C@@H](C3)N4S(=O)(=O)N3CC(C#N)C3)nc2c1. The Morgan fingerprint density at radius 1 is 1.18 bits per heavy atom. The molecule has 13 heteroatoms. The van der Waals surface area contributed by atoms with E-state index in [9.17, 15) is 8.42 Å². The van der Waals surface area contributed by atoms with Gasteiger partial charge >= 0.3 is 0 Å². The maximum atomic E-state index is 13.3. The van der Waals surface area contributed by atoms with Crippen LogP contribution >= 0.6 is 0 Å². The van der Waals surface area contributed by atoms with E-state index in [1.807, 2.05) is 38.2 Å². The number of H-pyrrole nitrogens is 1. The van der Waals surface area contributed by atoms with Gasteiger partial charge in [0.2, 0.25) is 5.95 Å². The summed E-state index contributed by atoms with van der Waals surface area (Å²) in [6, 6.07) is 9.70. The topological polar surface area (TPSA) is 143 Å². The summed E-state index contributed by atoms with van der Waals surface area (Å²) >= 11 is 0. The number of methoxy groups -OCH3 is 1. The van der Waals surface area contributed by atoms with Crippen molar-refractivity contribution in [3.63, 3.8) is 0 Å². The van der Waals surface area contributed by atoms with Crippen molar-refractivity contribution < 1.29 is 13.2 Å². The molecule has 0 amide bonds. The van der Waals surface area contributed by atoms with Crippen molar-refractivity contribution in [2.75, 3.05) is 37.5 Å². The number of aromatic amines is 1. The van der Waals surface area contributed by atoms with Crippen molar-refractivity contribution in [3.8, 4) is 11.8 Å². The first-order valence-corrected chi connectivity index (χ1v) is 14.2. The van der Waals surface area contributed by atoms with Gasteiger partial charge in [-0.3, -0.25) is 5.10 Å². The van der Waals surface area contributed by atoms with Crippen molar-refractivity contribution in [2.45, 2.75) is 50.7 Å². The Bertz CT molecular complexity index is 1500. The summed E-state index contributed by atoms with van der Waals surface area (Å²) < 4.78 is 35.3. The second-order valence-corrected chi connectivity index (χ2v) is 12.3. The van der Waals surface area contributed by atoms with Crippen molar-refractivity contribution in [2.24, 2.45) is 5.92 Å². The zero-order valence-electron chi connectivity index (χ0n) is 21.6. The number of aromatic nitrogens is 4. The number of hydrogen-bond donors (Lipinski definition) is 2. The van der Waals surface area contributed by atoms with Gasteiger partial charge in [-0.15, -0.1) is 0 Å². The zero-order valence-corrected chi connectivity index (χ0v) is 22.4. The molecule has 0 saturated carbocycles. The summed E-state index contributed by atoms with van der Waals surface area (Å²) in [6.07, 6.45) is 3.07. The van der Waals surface area contributed by atoms with Crippen LogP contribution in [0.2, 0.25) is 0 Å². The van der Waals surface area contributed by atoms with Gasteiger partial charge in [-0.2, -0.15) is 32.4 Å². The largest absolute Gasteiger partial charge is 0.497 e. The van der Waals surface area contributed by atoms with Crippen LogP contribution in [0.1, 0.15) is 31.4 Å². The van der Waals surface area contributed by atoms with Crippen LogP contribution in [0.15, 0.2) is 24.3 Å². The number of hydrogen-bond acceptors (Lipinski definition) is 9. The molecule has 38 heavy (non-hydrogen) atoms. The standard InChI is InChI=1S/C25H31N9O3S/c1-15-8-23(31-30-15)28-24-21-7-6-20(37-3)11-22(21)27-25(29-24)32(2)19-9-17-4-5-18(10-19)34(17)38(35,36)33-13-16(12-26)14-33/h6-8,11,16-19H,4-5,9-10,13-14H2,1-3H3,(H2,27,28,29,30,31)/t17-,18+,19?. The van der Waals surface area contributed by atoms with Crippen LogP contribution in [0.3, 0.4) is 0 Å². The Morgan fingerprint density at radius 3 is 2.55 bits per heavy atom. The van der Waals surface area contributed by atoms with E-state index in [1.165, 1.54) is 4.31 Å². The highest BCUT2D eigenvalue weighted by molar-refractivity contribution is 7.86. The number of rotatable bonds is 7. The smallest absolute Gasteiger partial charge is 0.282 e. The molecule has 0 radical (unpaired) electrons.